The van der Waals surface area contributed by atoms with E-state index in [1.54, 1.807) is 39.4 Å². The number of hydrogen-bond acceptors (Lipinski definition) is 5. The van der Waals surface area contributed by atoms with E-state index in [4.69, 9.17) is 4.74 Å². The zero-order valence-corrected chi connectivity index (χ0v) is 18.5. The second-order valence-electron chi connectivity index (χ2n) is 8.12. The van der Waals surface area contributed by atoms with Crippen LogP contribution in [0.1, 0.15) is 18.4 Å². The van der Waals surface area contributed by atoms with Crippen molar-refractivity contribution >= 4 is 18.1 Å². The van der Waals surface area contributed by atoms with Crippen LogP contribution in [0.25, 0.3) is 11.1 Å². The third-order valence-corrected chi connectivity index (χ3v) is 5.81. The van der Waals surface area contributed by atoms with Crippen LogP contribution in [0.2, 0.25) is 0 Å². The third-order valence-electron chi connectivity index (χ3n) is 5.81. The number of methoxy groups -OCH3 is 1. The first-order valence-corrected chi connectivity index (χ1v) is 10.4. The summed E-state index contributed by atoms with van der Waals surface area (Å²) in [5.41, 5.74) is 3.43. The molecule has 0 spiro atoms. The number of hydrogen-bond donors (Lipinski definition) is 0. The van der Waals surface area contributed by atoms with Crippen molar-refractivity contribution in [2.24, 2.45) is 18.0 Å². The lowest BCUT2D eigenvalue weighted by atomic mass is 9.82. The molecule has 32 heavy (non-hydrogen) atoms. The van der Waals surface area contributed by atoms with Gasteiger partial charge in [-0.25, -0.2) is 0 Å². The maximum Gasteiger partial charge on any atom is 0.522 e. The lowest BCUT2D eigenvalue weighted by Crippen LogP contribution is -2.41. The number of rotatable bonds is 9. The number of pyridine rings is 1. The van der Waals surface area contributed by atoms with Gasteiger partial charge in [0.25, 0.3) is 5.56 Å². The molecule has 6 nitrogen and oxygen atoms in total. The van der Waals surface area contributed by atoms with E-state index in [9.17, 15) is 18.0 Å². The van der Waals surface area contributed by atoms with Gasteiger partial charge in [-0.2, -0.15) is 0 Å². The highest BCUT2D eigenvalue weighted by Gasteiger charge is 2.32. The van der Waals surface area contributed by atoms with E-state index >= 15 is 0 Å². The Balaban J connectivity index is 1.93. The first-order valence-electron chi connectivity index (χ1n) is 10.4. The fourth-order valence-corrected chi connectivity index (χ4v) is 4.03. The molecule has 0 atom stereocenters. The van der Waals surface area contributed by atoms with Gasteiger partial charge >= 0.3 is 6.36 Å². The maximum atomic E-state index is 12.6. The third kappa shape index (κ3) is 5.77. The number of alkyl halides is 3. The van der Waals surface area contributed by atoms with Gasteiger partial charge in [0.05, 0.1) is 24.1 Å². The molecule has 0 radical (unpaired) electrons. The molecule has 1 aliphatic carbocycles. The van der Waals surface area contributed by atoms with E-state index in [0.29, 0.717) is 29.4 Å². The van der Waals surface area contributed by atoms with Crippen molar-refractivity contribution < 1.29 is 22.6 Å². The molecule has 1 fully saturated rings. The van der Waals surface area contributed by atoms with Crippen molar-refractivity contribution in [1.29, 1.82) is 0 Å². The van der Waals surface area contributed by atoms with Gasteiger partial charge in [0.2, 0.25) is 0 Å². The standard InChI is InChI=1S/C23H28F3N3O3/c1-15-9-18(14-28(3)22(15)30)17-5-6-20(27-2)21(12-17)29(7-8-32-23(24,25)26)13-16-10-19(11-16)31-4/h5-6,9,12,14,16,19H,2,7-8,10-11,13H2,1,3-4H3. The molecular formula is C23H28F3N3O3. The highest BCUT2D eigenvalue weighted by molar-refractivity contribution is 5.77. The fourth-order valence-electron chi connectivity index (χ4n) is 4.03. The molecule has 0 N–H and O–H groups in total. The van der Waals surface area contributed by atoms with Gasteiger partial charge in [0, 0.05) is 39.0 Å². The lowest BCUT2D eigenvalue weighted by molar-refractivity contribution is -0.323. The topological polar surface area (TPSA) is 56.1 Å². The predicted octanol–water partition coefficient (Wildman–Crippen LogP) is 4.46. The Morgan fingerprint density at radius 3 is 2.56 bits per heavy atom. The predicted molar refractivity (Wildman–Crippen MR) is 119 cm³/mol. The van der Waals surface area contributed by atoms with Gasteiger partial charge in [-0.15, -0.1) is 13.2 Å². The Morgan fingerprint density at radius 2 is 1.97 bits per heavy atom. The van der Waals surface area contributed by atoms with Crippen molar-refractivity contribution in [2.45, 2.75) is 32.2 Å². The van der Waals surface area contributed by atoms with E-state index in [-0.39, 0.29) is 18.2 Å². The smallest absolute Gasteiger partial charge is 0.381 e. The second-order valence-corrected chi connectivity index (χ2v) is 8.12. The van der Waals surface area contributed by atoms with Crippen LogP contribution in [-0.2, 0) is 16.5 Å². The van der Waals surface area contributed by atoms with E-state index in [1.807, 2.05) is 17.0 Å². The van der Waals surface area contributed by atoms with Gasteiger partial charge in [0.15, 0.2) is 0 Å². The van der Waals surface area contributed by atoms with Crippen molar-refractivity contribution in [2.75, 3.05) is 31.7 Å². The summed E-state index contributed by atoms with van der Waals surface area (Å²) in [6, 6.07) is 7.33. The Labute approximate surface area is 185 Å². The summed E-state index contributed by atoms with van der Waals surface area (Å²) in [6.45, 7) is 5.47. The van der Waals surface area contributed by atoms with Gasteiger partial charge < -0.3 is 14.2 Å². The Kier molecular flexibility index (Phi) is 7.40. The van der Waals surface area contributed by atoms with Crippen molar-refractivity contribution in [1.82, 2.24) is 4.57 Å². The van der Waals surface area contributed by atoms with Crippen molar-refractivity contribution in [3.63, 3.8) is 0 Å². The Hall–Kier alpha value is -2.65. The van der Waals surface area contributed by atoms with Crippen LogP contribution in [0.3, 0.4) is 0 Å². The minimum absolute atomic E-state index is 0.0476. The summed E-state index contributed by atoms with van der Waals surface area (Å²) >= 11 is 0. The largest absolute Gasteiger partial charge is 0.522 e. The molecule has 0 bridgehead atoms. The zero-order chi connectivity index (χ0) is 23.5. The molecule has 0 aliphatic heterocycles. The van der Waals surface area contributed by atoms with Crippen LogP contribution in [0.4, 0.5) is 24.5 Å². The number of benzene rings is 1. The summed E-state index contributed by atoms with van der Waals surface area (Å²) in [5.74, 6) is 0.298. The number of halogens is 3. The lowest BCUT2D eigenvalue weighted by Gasteiger charge is -2.39. The quantitative estimate of drug-likeness (QED) is 0.529. The summed E-state index contributed by atoms with van der Waals surface area (Å²) in [7, 11) is 3.34. The molecule has 0 unspecified atom stereocenters. The minimum Gasteiger partial charge on any atom is -0.381 e. The number of aliphatic imine (C=N–C) groups is 1. The Morgan fingerprint density at radius 1 is 1.25 bits per heavy atom. The van der Waals surface area contributed by atoms with Crippen LogP contribution < -0.4 is 10.5 Å². The maximum absolute atomic E-state index is 12.6. The number of aromatic nitrogens is 1. The summed E-state index contributed by atoms with van der Waals surface area (Å²) < 4.78 is 48.6. The van der Waals surface area contributed by atoms with E-state index in [1.165, 1.54) is 4.57 Å². The van der Waals surface area contributed by atoms with Crippen LogP contribution in [-0.4, -0.2) is 50.6 Å². The molecule has 0 saturated heterocycles. The molecule has 1 saturated carbocycles. The number of anilines is 1. The van der Waals surface area contributed by atoms with Crippen LogP contribution >= 0.6 is 0 Å². The van der Waals surface area contributed by atoms with Crippen molar-refractivity contribution in [3.05, 3.63) is 46.4 Å². The monoisotopic (exact) mass is 451 g/mol. The summed E-state index contributed by atoms with van der Waals surface area (Å²) in [5, 5.41) is 0. The van der Waals surface area contributed by atoms with Gasteiger partial charge in [0.1, 0.15) is 0 Å². The normalized spacial score (nSPS) is 18.3. The first kappa shape index (κ1) is 24.0. The molecular weight excluding hydrogens is 423 g/mol. The molecule has 174 valence electrons. The van der Waals surface area contributed by atoms with Gasteiger partial charge in [-0.05, 0) is 61.7 Å². The minimum atomic E-state index is -4.68. The van der Waals surface area contributed by atoms with Crippen LogP contribution in [0.5, 0.6) is 0 Å². The molecule has 3 rings (SSSR count). The van der Waals surface area contributed by atoms with E-state index in [0.717, 1.165) is 24.0 Å². The van der Waals surface area contributed by atoms with Gasteiger partial charge in [-0.1, -0.05) is 6.07 Å². The fraction of sp³-hybridized carbons (Fsp3) is 0.478. The number of aryl methyl sites for hydroxylation is 2. The average Bonchev–Trinajstić information content (AvgIpc) is 2.71. The van der Waals surface area contributed by atoms with E-state index < -0.39 is 13.0 Å². The van der Waals surface area contributed by atoms with Crippen LogP contribution in [0, 0.1) is 12.8 Å². The molecule has 1 heterocycles. The summed E-state index contributed by atoms with van der Waals surface area (Å²) in [6.07, 6.45) is -1.06. The first-order chi connectivity index (χ1) is 15.1. The molecule has 1 aromatic carbocycles. The molecule has 1 aromatic heterocycles. The van der Waals surface area contributed by atoms with Crippen molar-refractivity contribution in [3.8, 4) is 11.1 Å². The van der Waals surface area contributed by atoms with Gasteiger partial charge in [-0.3, -0.25) is 14.5 Å². The molecule has 0 amide bonds. The Bertz CT molecular complexity index is 988. The number of ether oxygens (including phenoxy) is 2. The highest BCUT2D eigenvalue weighted by Crippen LogP contribution is 2.37. The zero-order valence-electron chi connectivity index (χ0n) is 18.5. The SMILES string of the molecule is C=Nc1ccc(-c2cc(C)c(=O)n(C)c2)cc1N(CCOC(F)(F)F)CC1CC(OC)C1. The highest BCUT2D eigenvalue weighted by atomic mass is 19.4. The second kappa shape index (κ2) is 9.87. The van der Waals surface area contributed by atoms with Crippen LogP contribution in [0.15, 0.2) is 40.2 Å². The molecule has 2 aromatic rings. The average molecular weight is 451 g/mol. The van der Waals surface area contributed by atoms with E-state index in [2.05, 4.69) is 16.4 Å². The summed E-state index contributed by atoms with van der Waals surface area (Å²) in [4.78, 5) is 18.0. The molecule has 1 aliphatic rings. The molecule has 9 heteroatoms. The number of nitrogens with zero attached hydrogens (tertiary/aromatic N) is 3.